The summed E-state index contributed by atoms with van der Waals surface area (Å²) < 4.78 is 5.71. The Labute approximate surface area is 160 Å². The lowest BCUT2D eigenvalue weighted by Crippen LogP contribution is -2.49. The molecule has 0 spiro atoms. The van der Waals surface area contributed by atoms with Crippen LogP contribution in [-0.4, -0.2) is 66.4 Å². The van der Waals surface area contributed by atoms with E-state index in [0.29, 0.717) is 18.0 Å². The van der Waals surface area contributed by atoms with Crippen molar-refractivity contribution in [3.8, 4) is 5.75 Å². The molecule has 0 aliphatic carbocycles. The summed E-state index contributed by atoms with van der Waals surface area (Å²) in [5.41, 5.74) is 2.57. The fourth-order valence-electron chi connectivity index (χ4n) is 3.24. The van der Waals surface area contributed by atoms with Crippen molar-refractivity contribution in [2.75, 3.05) is 44.2 Å². The van der Waals surface area contributed by atoms with Gasteiger partial charge in [-0.15, -0.1) is 0 Å². The van der Waals surface area contributed by atoms with Gasteiger partial charge in [0.15, 0.2) is 0 Å². The number of hydrogen-bond donors (Lipinski definition) is 2. The zero-order chi connectivity index (χ0) is 19.1. The summed E-state index contributed by atoms with van der Waals surface area (Å²) in [6.45, 7) is 6.32. The molecule has 0 radical (unpaired) electrons. The van der Waals surface area contributed by atoms with Gasteiger partial charge in [0.05, 0.1) is 5.71 Å². The van der Waals surface area contributed by atoms with Crippen molar-refractivity contribution in [3.05, 3.63) is 60.2 Å². The molecule has 144 valence electrons. The number of hydrogen-bond acceptors (Lipinski definition) is 6. The Kier molecular flexibility index (Phi) is 6.68. The number of anilines is 1. The molecular weight excluding hydrogens is 342 g/mol. The zero-order valence-corrected chi connectivity index (χ0v) is 15.7. The summed E-state index contributed by atoms with van der Waals surface area (Å²) in [7, 11) is 0. The predicted molar refractivity (Wildman–Crippen MR) is 107 cm³/mol. The van der Waals surface area contributed by atoms with Crippen molar-refractivity contribution < 1.29 is 15.1 Å². The van der Waals surface area contributed by atoms with Crippen molar-refractivity contribution in [1.82, 2.24) is 4.90 Å². The topological polar surface area (TPSA) is 68.5 Å². The van der Waals surface area contributed by atoms with Gasteiger partial charge in [0, 0.05) is 44.0 Å². The van der Waals surface area contributed by atoms with E-state index in [9.17, 15) is 5.11 Å². The van der Waals surface area contributed by atoms with Crippen LogP contribution in [0.1, 0.15) is 12.5 Å². The molecular formula is C21H27N3O3. The van der Waals surface area contributed by atoms with Crippen molar-refractivity contribution in [2.24, 2.45) is 5.16 Å². The molecule has 0 aromatic heterocycles. The molecule has 0 amide bonds. The average molecular weight is 369 g/mol. The van der Waals surface area contributed by atoms with Gasteiger partial charge >= 0.3 is 0 Å². The van der Waals surface area contributed by atoms with Crippen molar-refractivity contribution >= 4 is 11.4 Å². The van der Waals surface area contributed by atoms with E-state index in [1.54, 1.807) is 13.0 Å². The van der Waals surface area contributed by atoms with E-state index < -0.39 is 6.10 Å². The molecule has 0 saturated carbocycles. The zero-order valence-electron chi connectivity index (χ0n) is 15.7. The number of benzene rings is 2. The molecule has 27 heavy (non-hydrogen) atoms. The molecule has 1 aliphatic rings. The predicted octanol–water partition coefficient (Wildman–Crippen LogP) is 2.45. The molecule has 2 N–H and O–H groups in total. The third-order valence-electron chi connectivity index (χ3n) is 4.81. The van der Waals surface area contributed by atoms with Crippen LogP contribution >= 0.6 is 0 Å². The van der Waals surface area contributed by atoms with Crippen LogP contribution in [0, 0.1) is 0 Å². The van der Waals surface area contributed by atoms with Gasteiger partial charge in [-0.2, -0.15) is 0 Å². The normalized spacial score (nSPS) is 17.0. The Morgan fingerprint density at radius 2 is 1.81 bits per heavy atom. The highest BCUT2D eigenvalue weighted by molar-refractivity contribution is 5.98. The van der Waals surface area contributed by atoms with E-state index in [0.717, 1.165) is 31.7 Å². The van der Waals surface area contributed by atoms with E-state index >= 15 is 0 Å². The summed E-state index contributed by atoms with van der Waals surface area (Å²) in [5, 5.41) is 22.4. The standard InChI is InChI=1S/C21H27N3O3/c1-17(22-26)18-6-5-9-21(14-18)27-16-20(25)15-23-10-12-24(13-11-23)19-7-3-2-4-8-19/h2-9,14,20,25-26H,10-13,15-16H2,1H3/b22-17-. The minimum Gasteiger partial charge on any atom is -0.491 e. The van der Waals surface area contributed by atoms with Crippen LogP contribution in [0.3, 0.4) is 0 Å². The number of nitrogens with zero attached hydrogens (tertiary/aromatic N) is 3. The second-order valence-electron chi connectivity index (χ2n) is 6.80. The van der Waals surface area contributed by atoms with Crippen LogP contribution in [0.5, 0.6) is 5.75 Å². The number of piperazine rings is 1. The molecule has 1 aliphatic heterocycles. The minimum absolute atomic E-state index is 0.234. The second kappa shape index (κ2) is 9.39. The van der Waals surface area contributed by atoms with Gasteiger partial charge in [0.1, 0.15) is 18.5 Å². The molecule has 1 unspecified atom stereocenters. The van der Waals surface area contributed by atoms with E-state index in [2.05, 4.69) is 39.2 Å². The number of rotatable bonds is 7. The molecule has 2 aromatic carbocycles. The highest BCUT2D eigenvalue weighted by Gasteiger charge is 2.19. The van der Waals surface area contributed by atoms with Crippen molar-refractivity contribution in [1.29, 1.82) is 0 Å². The minimum atomic E-state index is -0.551. The molecule has 6 heteroatoms. The maximum Gasteiger partial charge on any atom is 0.120 e. The summed E-state index contributed by atoms with van der Waals surface area (Å²) in [5.74, 6) is 0.656. The number of aliphatic hydroxyl groups excluding tert-OH is 1. The highest BCUT2D eigenvalue weighted by Crippen LogP contribution is 2.17. The first-order chi connectivity index (χ1) is 13.2. The molecule has 1 fully saturated rings. The number of β-amino-alcohol motifs (C(OH)–C–C–N with tert-alkyl or cyclic N) is 1. The summed E-state index contributed by atoms with van der Waals surface area (Å²) >= 11 is 0. The van der Waals surface area contributed by atoms with Crippen LogP contribution < -0.4 is 9.64 Å². The van der Waals surface area contributed by atoms with E-state index in [4.69, 9.17) is 9.94 Å². The lowest BCUT2D eigenvalue weighted by atomic mass is 10.1. The summed E-state index contributed by atoms with van der Waals surface area (Å²) in [6, 6.07) is 17.8. The molecule has 1 heterocycles. The average Bonchev–Trinajstić information content (AvgIpc) is 2.73. The van der Waals surface area contributed by atoms with Crippen LogP contribution in [0.15, 0.2) is 59.8 Å². The number of ether oxygens (including phenoxy) is 1. The monoisotopic (exact) mass is 369 g/mol. The fourth-order valence-corrected chi connectivity index (χ4v) is 3.24. The largest absolute Gasteiger partial charge is 0.491 e. The SMILES string of the molecule is C/C(=N/O)c1cccc(OCC(O)CN2CCN(c3ccccc3)CC2)c1. The van der Waals surface area contributed by atoms with Gasteiger partial charge in [0.25, 0.3) is 0 Å². The number of para-hydroxylation sites is 1. The molecule has 1 saturated heterocycles. The smallest absolute Gasteiger partial charge is 0.120 e. The van der Waals surface area contributed by atoms with E-state index in [1.165, 1.54) is 5.69 Å². The fraction of sp³-hybridized carbons (Fsp3) is 0.381. The summed E-state index contributed by atoms with van der Waals surface area (Å²) in [4.78, 5) is 4.64. The third kappa shape index (κ3) is 5.45. The van der Waals surface area contributed by atoms with Gasteiger partial charge in [0.2, 0.25) is 0 Å². The Morgan fingerprint density at radius 3 is 2.52 bits per heavy atom. The molecule has 2 aromatic rings. The first-order valence-corrected chi connectivity index (χ1v) is 9.28. The van der Waals surface area contributed by atoms with Gasteiger partial charge in [-0.3, -0.25) is 4.90 Å². The van der Waals surface area contributed by atoms with E-state index in [1.807, 2.05) is 24.3 Å². The molecule has 3 rings (SSSR count). The van der Waals surface area contributed by atoms with Crippen LogP contribution in [0.25, 0.3) is 0 Å². The van der Waals surface area contributed by atoms with Gasteiger partial charge in [-0.25, -0.2) is 0 Å². The summed E-state index contributed by atoms with van der Waals surface area (Å²) in [6.07, 6.45) is -0.551. The Hall–Kier alpha value is -2.57. The van der Waals surface area contributed by atoms with Crippen LogP contribution in [-0.2, 0) is 0 Å². The molecule has 0 bridgehead atoms. The Morgan fingerprint density at radius 1 is 1.07 bits per heavy atom. The molecule has 6 nitrogen and oxygen atoms in total. The lowest BCUT2D eigenvalue weighted by Gasteiger charge is -2.36. The van der Waals surface area contributed by atoms with Crippen LogP contribution in [0.2, 0.25) is 0 Å². The quantitative estimate of drug-likeness (QED) is 0.446. The first-order valence-electron chi connectivity index (χ1n) is 9.28. The highest BCUT2D eigenvalue weighted by atomic mass is 16.5. The molecule has 1 atom stereocenters. The maximum absolute atomic E-state index is 10.3. The Bertz CT molecular complexity index is 743. The van der Waals surface area contributed by atoms with Gasteiger partial charge in [-0.05, 0) is 31.2 Å². The van der Waals surface area contributed by atoms with Crippen molar-refractivity contribution in [3.63, 3.8) is 0 Å². The van der Waals surface area contributed by atoms with Gasteiger partial charge in [-0.1, -0.05) is 35.5 Å². The third-order valence-corrected chi connectivity index (χ3v) is 4.81. The van der Waals surface area contributed by atoms with Crippen LogP contribution in [0.4, 0.5) is 5.69 Å². The van der Waals surface area contributed by atoms with Gasteiger partial charge < -0.3 is 20.0 Å². The second-order valence-corrected chi connectivity index (χ2v) is 6.80. The number of aliphatic hydroxyl groups is 1. The first kappa shape index (κ1) is 19.2. The lowest BCUT2D eigenvalue weighted by molar-refractivity contribution is 0.0663. The van der Waals surface area contributed by atoms with Crippen molar-refractivity contribution in [2.45, 2.75) is 13.0 Å². The Balaban J connectivity index is 1.43. The van der Waals surface area contributed by atoms with E-state index in [-0.39, 0.29) is 6.61 Å². The maximum atomic E-state index is 10.3. The number of oxime groups is 1.